The van der Waals surface area contributed by atoms with Gasteiger partial charge in [0, 0.05) is 15.6 Å². The van der Waals surface area contributed by atoms with Crippen LogP contribution in [0.1, 0.15) is 25.0 Å². The molecule has 0 aliphatic heterocycles. The first kappa shape index (κ1) is 19.1. The van der Waals surface area contributed by atoms with Crippen LogP contribution in [0.3, 0.4) is 0 Å². The minimum Gasteiger partial charge on any atom is -0.466 e. The summed E-state index contributed by atoms with van der Waals surface area (Å²) in [5, 5.41) is 0.958. The lowest BCUT2D eigenvalue weighted by Crippen LogP contribution is -2.07. The van der Waals surface area contributed by atoms with Gasteiger partial charge >= 0.3 is 5.97 Å². The van der Waals surface area contributed by atoms with Gasteiger partial charge in [-0.15, -0.1) is 0 Å². The molecule has 0 aromatic heterocycles. The summed E-state index contributed by atoms with van der Waals surface area (Å²) in [6, 6.07) is 9.04. The van der Waals surface area contributed by atoms with Crippen molar-refractivity contribution in [3.8, 4) is 11.5 Å². The van der Waals surface area contributed by atoms with Crippen LogP contribution in [-0.2, 0) is 22.4 Å². The normalized spacial score (nSPS) is 10.5. The Morgan fingerprint density at radius 2 is 1.88 bits per heavy atom. The van der Waals surface area contributed by atoms with Crippen LogP contribution in [0, 0.1) is 0 Å². The number of hydrogen-bond acceptors (Lipinski definition) is 3. The van der Waals surface area contributed by atoms with E-state index in [1.165, 1.54) is 0 Å². The van der Waals surface area contributed by atoms with E-state index in [1.807, 2.05) is 25.1 Å². The van der Waals surface area contributed by atoms with E-state index in [0.717, 1.165) is 17.5 Å². The molecule has 3 nitrogen and oxygen atoms in total. The van der Waals surface area contributed by atoms with Crippen molar-refractivity contribution < 1.29 is 14.3 Å². The number of esters is 1. The molecule has 0 aliphatic rings. The summed E-state index contributed by atoms with van der Waals surface area (Å²) in [4.78, 5) is 11.7. The van der Waals surface area contributed by atoms with Crippen molar-refractivity contribution >= 4 is 45.1 Å². The van der Waals surface area contributed by atoms with Gasteiger partial charge in [0.1, 0.15) is 11.5 Å². The fourth-order valence-corrected chi connectivity index (χ4v) is 3.13. The van der Waals surface area contributed by atoms with Gasteiger partial charge < -0.3 is 9.47 Å². The Morgan fingerprint density at radius 3 is 2.54 bits per heavy atom. The SMILES string of the molecule is CCOC(=O)Cc1ccc(CC)c(Oc2cc(Cl)cc(Br)c2Cl)c1. The predicted molar refractivity (Wildman–Crippen MR) is 100 cm³/mol. The fourth-order valence-electron chi connectivity index (χ4n) is 2.20. The van der Waals surface area contributed by atoms with E-state index < -0.39 is 0 Å². The van der Waals surface area contributed by atoms with E-state index in [1.54, 1.807) is 19.1 Å². The lowest BCUT2D eigenvalue weighted by Gasteiger charge is -2.14. The molecule has 0 heterocycles. The lowest BCUT2D eigenvalue weighted by molar-refractivity contribution is -0.142. The Balaban J connectivity index is 2.33. The standard InChI is InChI=1S/C18H17BrCl2O3/c1-3-12-6-5-11(8-17(22)23-4-2)7-15(12)24-16-10-13(20)9-14(19)18(16)21/h5-7,9-10H,3-4,8H2,1-2H3. The summed E-state index contributed by atoms with van der Waals surface area (Å²) in [7, 11) is 0. The third-order valence-corrected chi connectivity index (χ3v) is 4.81. The monoisotopic (exact) mass is 430 g/mol. The average molecular weight is 432 g/mol. The first-order chi connectivity index (χ1) is 11.4. The molecule has 0 bridgehead atoms. The first-order valence-electron chi connectivity index (χ1n) is 7.54. The predicted octanol–water partition coefficient (Wildman–Crippen LogP) is 6.22. The van der Waals surface area contributed by atoms with Crippen LogP contribution < -0.4 is 4.74 Å². The van der Waals surface area contributed by atoms with E-state index in [0.29, 0.717) is 32.6 Å². The molecule has 0 N–H and O–H groups in total. The van der Waals surface area contributed by atoms with Crippen molar-refractivity contribution in [3.05, 3.63) is 56.0 Å². The molecule has 24 heavy (non-hydrogen) atoms. The van der Waals surface area contributed by atoms with Crippen LogP contribution in [0.2, 0.25) is 10.0 Å². The second-order valence-corrected chi connectivity index (χ2v) is 6.75. The number of carbonyl (C=O) groups excluding carboxylic acids is 1. The highest BCUT2D eigenvalue weighted by atomic mass is 79.9. The molecular weight excluding hydrogens is 415 g/mol. The van der Waals surface area contributed by atoms with Crippen LogP contribution in [0.25, 0.3) is 0 Å². The van der Waals surface area contributed by atoms with Crippen molar-refractivity contribution in [3.63, 3.8) is 0 Å². The highest BCUT2D eigenvalue weighted by molar-refractivity contribution is 9.10. The minimum absolute atomic E-state index is 0.196. The Morgan fingerprint density at radius 1 is 1.12 bits per heavy atom. The second-order valence-electron chi connectivity index (χ2n) is 5.08. The number of benzene rings is 2. The fraction of sp³-hybridized carbons (Fsp3) is 0.278. The summed E-state index contributed by atoms with van der Waals surface area (Å²) >= 11 is 15.7. The molecule has 0 unspecified atom stereocenters. The maximum absolute atomic E-state index is 11.7. The average Bonchev–Trinajstić information content (AvgIpc) is 2.52. The molecule has 0 atom stereocenters. The minimum atomic E-state index is -0.267. The van der Waals surface area contributed by atoms with Crippen LogP contribution in [0.4, 0.5) is 0 Å². The Kier molecular flexibility index (Phi) is 6.96. The van der Waals surface area contributed by atoms with Gasteiger partial charge in [0.15, 0.2) is 0 Å². The molecule has 0 saturated heterocycles. The van der Waals surface area contributed by atoms with Crippen molar-refractivity contribution in [2.24, 2.45) is 0 Å². The zero-order valence-corrected chi connectivity index (χ0v) is 16.5. The van der Waals surface area contributed by atoms with Crippen LogP contribution in [0.5, 0.6) is 11.5 Å². The van der Waals surface area contributed by atoms with Gasteiger partial charge in [-0.25, -0.2) is 0 Å². The van der Waals surface area contributed by atoms with Gasteiger partial charge in [-0.2, -0.15) is 0 Å². The molecule has 128 valence electrons. The maximum atomic E-state index is 11.7. The van der Waals surface area contributed by atoms with Gasteiger partial charge in [0.2, 0.25) is 0 Å². The highest BCUT2D eigenvalue weighted by Crippen LogP contribution is 2.39. The molecule has 0 amide bonds. The largest absolute Gasteiger partial charge is 0.466 e. The summed E-state index contributed by atoms with van der Waals surface area (Å²) in [6.07, 6.45) is 0.982. The number of ether oxygens (including phenoxy) is 2. The van der Waals surface area contributed by atoms with Crippen LogP contribution in [-0.4, -0.2) is 12.6 Å². The van der Waals surface area contributed by atoms with Crippen molar-refractivity contribution in [2.45, 2.75) is 26.7 Å². The molecule has 0 fully saturated rings. The summed E-state index contributed by atoms with van der Waals surface area (Å²) in [5.74, 6) is 0.839. The number of aryl methyl sites for hydroxylation is 1. The first-order valence-corrected chi connectivity index (χ1v) is 9.09. The lowest BCUT2D eigenvalue weighted by atomic mass is 10.1. The topological polar surface area (TPSA) is 35.5 Å². The third kappa shape index (κ3) is 4.88. The van der Waals surface area contributed by atoms with Gasteiger partial charge in [0.25, 0.3) is 0 Å². The van der Waals surface area contributed by atoms with Gasteiger partial charge in [-0.05, 0) is 52.5 Å². The maximum Gasteiger partial charge on any atom is 0.310 e. The van der Waals surface area contributed by atoms with E-state index in [2.05, 4.69) is 15.9 Å². The van der Waals surface area contributed by atoms with E-state index in [9.17, 15) is 4.79 Å². The van der Waals surface area contributed by atoms with E-state index >= 15 is 0 Å². The van der Waals surface area contributed by atoms with E-state index in [4.69, 9.17) is 32.7 Å². The van der Waals surface area contributed by atoms with Crippen LogP contribution in [0.15, 0.2) is 34.8 Å². The Hall–Kier alpha value is -1.23. The Labute approximate surface area is 160 Å². The third-order valence-electron chi connectivity index (χ3n) is 3.35. The van der Waals surface area contributed by atoms with Gasteiger partial charge in [-0.1, -0.05) is 42.3 Å². The smallest absolute Gasteiger partial charge is 0.310 e. The zero-order chi connectivity index (χ0) is 17.7. The number of carbonyl (C=O) groups is 1. The van der Waals surface area contributed by atoms with E-state index in [-0.39, 0.29) is 12.4 Å². The molecule has 2 rings (SSSR count). The second kappa shape index (κ2) is 8.75. The molecule has 2 aromatic carbocycles. The quantitative estimate of drug-likeness (QED) is 0.402. The van der Waals surface area contributed by atoms with Crippen molar-refractivity contribution in [1.29, 1.82) is 0 Å². The molecule has 0 saturated carbocycles. The van der Waals surface area contributed by atoms with Crippen LogP contribution >= 0.6 is 39.1 Å². The Bertz CT molecular complexity index is 747. The number of halogens is 3. The number of rotatable bonds is 6. The molecule has 0 spiro atoms. The molecule has 6 heteroatoms. The highest BCUT2D eigenvalue weighted by Gasteiger charge is 2.13. The van der Waals surface area contributed by atoms with Gasteiger partial charge in [-0.3, -0.25) is 4.79 Å². The number of hydrogen-bond donors (Lipinski definition) is 0. The summed E-state index contributed by atoms with van der Waals surface area (Å²) in [6.45, 7) is 4.18. The molecular formula is C18H17BrCl2O3. The van der Waals surface area contributed by atoms with Crippen molar-refractivity contribution in [2.75, 3.05) is 6.61 Å². The molecule has 2 aromatic rings. The molecule has 0 radical (unpaired) electrons. The molecule has 0 aliphatic carbocycles. The van der Waals surface area contributed by atoms with Crippen molar-refractivity contribution in [1.82, 2.24) is 0 Å². The van der Waals surface area contributed by atoms with Gasteiger partial charge in [0.05, 0.1) is 18.1 Å². The zero-order valence-electron chi connectivity index (χ0n) is 13.4. The summed E-state index contributed by atoms with van der Waals surface area (Å²) in [5.41, 5.74) is 1.83. The summed E-state index contributed by atoms with van der Waals surface area (Å²) < 4.78 is 11.6.